The number of fused-ring (bicyclic) bond motifs is 8. The van der Waals surface area contributed by atoms with E-state index in [1.54, 1.807) is 0 Å². The summed E-state index contributed by atoms with van der Waals surface area (Å²) in [4.78, 5) is 8.89. The van der Waals surface area contributed by atoms with Gasteiger partial charge in [0.05, 0.1) is 12.1 Å². The fourth-order valence-electron chi connectivity index (χ4n) is 6.33. The Morgan fingerprint density at radius 3 is 2.46 bits per heavy atom. The summed E-state index contributed by atoms with van der Waals surface area (Å²) in [5.41, 5.74) is 3.66. The predicted molar refractivity (Wildman–Crippen MR) is 163 cm³/mol. The molecular weight excluding hydrogens is 482 g/mol. The number of hydrogen-bond donors (Lipinski definition) is 2. The summed E-state index contributed by atoms with van der Waals surface area (Å²) in [5.74, 6) is 0.981. The summed E-state index contributed by atoms with van der Waals surface area (Å²) in [6.07, 6.45) is 8.05. The number of aliphatic hydroxyl groups is 1. The zero-order valence-electron chi connectivity index (χ0n) is 22.6. The van der Waals surface area contributed by atoms with Crippen molar-refractivity contribution < 1.29 is 9.84 Å². The lowest BCUT2D eigenvalue weighted by Crippen LogP contribution is -2.59. The molecule has 2 atom stereocenters. The summed E-state index contributed by atoms with van der Waals surface area (Å²) in [7, 11) is 1.00. The third kappa shape index (κ3) is 5.12. The van der Waals surface area contributed by atoms with Gasteiger partial charge in [-0.1, -0.05) is 66.7 Å². The molecule has 0 amide bonds. The number of H-pyrrole nitrogens is 1. The third-order valence-electron chi connectivity index (χ3n) is 8.20. The first-order valence-corrected chi connectivity index (χ1v) is 14.0. The third-order valence-corrected chi connectivity index (χ3v) is 8.20. The lowest BCUT2D eigenvalue weighted by Gasteiger charge is -2.48. The van der Waals surface area contributed by atoms with Gasteiger partial charge in [-0.15, -0.1) is 0 Å². The van der Waals surface area contributed by atoms with Crippen LogP contribution in [0.3, 0.4) is 0 Å². The van der Waals surface area contributed by atoms with Gasteiger partial charge in [0.25, 0.3) is 0 Å². The van der Waals surface area contributed by atoms with Crippen molar-refractivity contribution in [3.8, 4) is 5.75 Å². The van der Waals surface area contributed by atoms with Gasteiger partial charge in [-0.05, 0) is 60.4 Å². The van der Waals surface area contributed by atoms with Crippen molar-refractivity contribution in [2.24, 2.45) is 0 Å². The van der Waals surface area contributed by atoms with E-state index in [9.17, 15) is 0 Å². The number of nitrogens with one attached hydrogen (secondary N) is 1. The highest BCUT2D eigenvalue weighted by Gasteiger charge is 2.33. The van der Waals surface area contributed by atoms with Crippen molar-refractivity contribution >= 4 is 38.3 Å². The van der Waals surface area contributed by atoms with E-state index < -0.39 is 0 Å². The molecule has 3 aliphatic heterocycles. The molecule has 2 bridgehead atoms. The fraction of sp³-hybridized carbons (Fsp3) is 0.294. The number of anilines is 1. The lowest BCUT2D eigenvalue weighted by molar-refractivity contribution is 0.137. The minimum atomic E-state index is 0.509. The van der Waals surface area contributed by atoms with Crippen molar-refractivity contribution in [1.82, 2.24) is 9.88 Å². The molecule has 1 saturated heterocycles. The van der Waals surface area contributed by atoms with E-state index in [4.69, 9.17) is 9.84 Å². The molecular formula is C34H37N3O2. The number of aromatic amines is 1. The molecule has 0 radical (unpaired) electrons. The Bertz CT molecular complexity index is 1590. The van der Waals surface area contributed by atoms with E-state index in [0.29, 0.717) is 12.1 Å². The largest absolute Gasteiger partial charge is 0.493 e. The molecule has 0 saturated carbocycles. The molecule has 1 aromatic heterocycles. The van der Waals surface area contributed by atoms with E-state index in [-0.39, 0.29) is 0 Å². The number of piperazine rings is 1. The first-order chi connectivity index (χ1) is 19.3. The monoisotopic (exact) mass is 519 g/mol. The van der Waals surface area contributed by atoms with Crippen LogP contribution in [-0.4, -0.2) is 60.4 Å². The Balaban J connectivity index is 0.00000135. The standard InChI is InChI=1S/C33H33N3O.CH4O/c1-2-10-25-21-26(18-17-24(25)9-1)36-23-27-11-3-4-12-28(36)22-35(27)19-8-20-37-32-16-7-15-31-33(32)29-13-5-6-14-30(29)34-31;1-2/h1-7,9-10,13-18,21,27-28,34H,8,11-12,19-20,22-23H2;2H,1H3/b4-3-;/t27-,28-;/m0./s1. The molecule has 0 unspecified atom stereocenters. The van der Waals surface area contributed by atoms with Crippen LogP contribution in [0.4, 0.5) is 5.69 Å². The van der Waals surface area contributed by atoms with Crippen LogP contribution in [0.15, 0.2) is 97.1 Å². The van der Waals surface area contributed by atoms with Gasteiger partial charge in [0, 0.05) is 60.8 Å². The molecule has 4 heterocycles. The molecule has 8 rings (SSSR count). The molecule has 5 heteroatoms. The smallest absolute Gasteiger partial charge is 0.129 e. The molecule has 5 aromatic rings. The highest BCUT2D eigenvalue weighted by molar-refractivity contribution is 6.10. The lowest BCUT2D eigenvalue weighted by atomic mass is 9.96. The second kappa shape index (κ2) is 11.5. The number of benzene rings is 4. The van der Waals surface area contributed by atoms with Crippen molar-refractivity contribution in [2.75, 3.05) is 38.3 Å². The van der Waals surface area contributed by atoms with Crippen molar-refractivity contribution in [1.29, 1.82) is 0 Å². The minimum absolute atomic E-state index is 0.509. The zero-order valence-corrected chi connectivity index (χ0v) is 22.6. The Morgan fingerprint density at radius 2 is 1.56 bits per heavy atom. The van der Waals surface area contributed by atoms with E-state index in [1.165, 1.54) is 27.2 Å². The van der Waals surface area contributed by atoms with Crippen LogP contribution in [0.2, 0.25) is 0 Å². The highest BCUT2D eigenvalue weighted by atomic mass is 16.5. The van der Waals surface area contributed by atoms with Gasteiger partial charge >= 0.3 is 0 Å². The van der Waals surface area contributed by atoms with Gasteiger partial charge < -0.3 is 19.7 Å². The van der Waals surface area contributed by atoms with Crippen molar-refractivity contribution in [3.63, 3.8) is 0 Å². The number of hydrogen-bond acceptors (Lipinski definition) is 4. The maximum absolute atomic E-state index is 7.00. The Hall–Kier alpha value is -3.80. The number of rotatable bonds is 6. The van der Waals surface area contributed by atoms with Gasteiger partial charge in [-0.2, -0.15) is 0 Å². The summed E-state index contributed by atoms with van der Waals surface area (Å²) in [5, 5.41) is 12.1. The molecule has 5 nitrogen and oxygen atoms in total. The van der Waals surface area contributed by atoms with Crippen LogP contribution in [0.25, 0.3) is 32.6 Å². The molecule has 4 aromatic carbocycles. The predicted octanol–water partition coefficient (Wildman–Crippen LogP) is 6.76. The second-order valence-corrected chi connectivity index (χ2v) is 10.5. The van der Waals surface area contributed by atoms with Gasteiger partial charge in [0.15, 0.2) is 0 Å². The second-order valence-electron chi connectivity index (χ2n) is 10.5. The number of aromatic nitrogens is 1. The molecule has 2 N–H and O–H groups in total. The van der Waals surface area contributed by atoms with Gasteiger partial charge in [0.2, 0.25) is 0 Å². The zero-order chi connectivity index (χ0) is 26.6. The Morgan fingerprint density at radius 1 is 0.795 bits per heavy atom. The van der Waals surface area contributed by atoms with Crippen LogP contribution in [0.5, 0.6) is 5.75 Å². The summed E-state index contributed by atoms with van der Waals surface area (Å²) >= 11 is 0. The average molecular weight is 520 g/mol. The maximum Gasteiger partial charge on any atom is 0.129 e. The number of para-hydroxylation sites is 1. The van der Waals surface area contributed by atoms with E-state index in [1.807, 2.05) is 0 Å². The van der Waals surface area contributed by atoms with E-state index >= 15 is 0 Å². The minimum Gasteiger partial charge on any atom is -0.493 e. The molecule has 0 spiro atoms. The average Bonchev–Trinajstić information content (AvgIpc) is 3.36. The van der Waals surface area contributed by atoms with E-state index in [2.05, 4.69) is 112 Å². The summed E-state index contributed by atoms with van der Waals surface area (Å²) < 4.78 is 6.37. The van der Waals surface area contributed by atoms with Crippen LogP contribution >= 0.6 is 0 Å². The van der Waals surface area contributed by atoms with Crippen LogP contribution in [-0.2, 0) is 0 Å². The van der Waals surface area contributed by atoms with E-state index in [0.717, 1.165) is 69.4 Å². The molecule has 3 aliphatic rings. The van der Waals surface area contributed by atoms with Crippen molar-refractivity contribution in [3.05, 3.63) is 97.1 Å². The SMILES string of the molecule is C1=C\C[C@H]2CN(CCCOc3cccc4[nH]c5ccccc5c34)[C@@H](C/1)CN2c1ccc2ccccc2c1.CO. The first kappa shape index (κ1) is 25.5. The molecule has 0 aliphatic carbocycles. The highest BCUT2D eigenvalue weighted by Crippen LogP contribution is 2.34. The molecule has 200 valence electrons. The van der Waals surface area contributed by atoms with Crippen LogP contribution < -0.4 is 9.64 Å². The van der Waals surface area contributed by atoms with Gasteiger partial charge in [0.1, 0.15) is 5.75 Å². The van der Waals surface area contributed by atoms with Gasteiger partial charge in [-0.3, -0.25) is 4.90 Å². The normalized spacial score (nSPS) is 20.0. The quantitative estimate of drug-likeness (QED) is 0.192. The van der Waals surface area contributed by atoms with Gasteiger partial charge in [-0.25, -0.2) is 0 Å². The Kier molecular flexibility index (Phi) is 7.53. The molecule has 39 heavy (non-hydrogen) atoms. The number of ether oxygens (including phenoxy) is 1. The number of aliphatic hydroxyl groups excluding tert-OH is 1. The maximum atomic E-state index is 7.00. The Labute approximate surface area is 230 Å². The summed E-state index contributed by atoms with van der Waals surface area (Å²) in [6.45, 7) is 4.00. The van der Waals surface area contributed by atoms with Crippen LogP contribution in [0, 0.1) is 0 Å². The first-order valence-electron chi connectivity index (χ1n) is 14.0. The molecule has 1 fully saturated rings. The van der Waals surface area contributed by atoms with Crippen LogP contribution in [0.1, 0.15) is 19.3 Å². The summed E-state index contributed by atoms with van der Waals surface area (Å²) in [6, 6.07) is 31.5. The fourth-order valence-corrected chi connectivity index (χ4v) is 6.33. The number of nitrogens with zero attached hydrogens (tertiary/aromatic N) is 2. The van der Waals surface area contributed by atoms with Crippen molar-refractivity contribution in [2.45, 2.75) is 31.3 Å². The topological polar surface area (TPSA) is 51.7 Å².